The highest BCUT2D eigenvalue weighted by atomic mass is 35.5. The zero-order valence-electron chi connectivity index (χ0n) is 22.9. The summed E-state index contributed by atoms with van der Waals surface area (Å²) in [6.07, 6.45) is 0.129. The van der Waals surface area contributed by atoms with Gasteiger partial charge in [-0.3, -0.25) is 14.2 Å². The Bertz CT molecular complexity index is 1440. The molecule has 0 bridgehead atoms. The summed E-state index contributed by atoms with van der Waals surface area (Å²) in [6.45, 7) is 12.5. The molecule has 1 saturated heterocycles. The molecule has 4 rings (SSSR count). The van der Waals surface area contributed by atoms with Crippen molar-refractivity contribution < 1.29 is 22.4 Å². The van der Waals surface area contributed by atoms with Gasteiger partial charge in [0, 0.05) is 31.4 Å². The fourth-order valence-electron chi connectivity index (χ4n) is 4.46. The molecule has 0 saturated carbocycles. The molecule has 1 amide bonds. The Labute approximate surface area is 231 Å². The van der Waals surface area contributed by atoms with E-state index in [1.807, 2.05) is 0 Å². The van der Waals surface area contributed by atoms with Crippen LogP contribution in [-0.4, -0.2) is 52.9 Å². The molecule has 39 heavy (non-hydrogen) atoms. The first kappa shape index (κ1) is 29.4. The van der Waals surface area contributed by atoms with Gasteiger partial charge in [-0.2, -0.15) is 13.2 Å². The summed E-state index contributed by atoms with van der Waals surface area (Å²) >= 11 is 5.86. The third-order valence-corrected chi connectivity index (χ3v) is 12.7. The van der Waals surface area contributed by atoms with E-state index in [9.17, 15) is 22.8 Å². The molecule has 0 spiro atoms. The molecule has 0 unspecified atom stereocenters. The van der Waals surface area contributed by atoms with Crippen LogP contribution in [0, 0.1) is 0 Å². The first-order valence-corrected chi connectivity index (χ1v) is 16.3. The summed E-state index contributed by atoms with van der Waals surface area (Å²) in [5, 5.41) is -0.277. The van der Waals surface area contributed by atoms with Crippen molar-refractivity contribution in [1.82, 2.24) is 19.0 Å². The largest absolute Gasteiger partial charge is 0.417 e. The SMILES string of the molecule is CC(C)(C)[Si](C)(C)OCCn1cc(-c2ccc(Cl)c(C(F)(F)F)c2)c2c(=O)n(CC(=O)N3CCCC3)cnc21. The van der Waals surface area contributed by atoms with E-state index in [-0.39, 0.29) is 28.4 Å². The number of carbonyl (C=O) groups excluding carboxylic acids is 1. The Kier molecular flexibility index (Phi) is 8.08. The van der Waals surface area contributed by atoms with Crippen LogP contribution in [0.25, 0.3) is 22.2 Å². The number of halogens is 4. The van der Waals surface area contributed by atoms with Crippen LogP contribution < -0.4 is 5.56 Å². The van der Waals surface area contributed by atoms with Crippen molar-refractivity contribution in [3.63, 3.8) is 0 Å². The van der Waals surface area contributed by atoms with Crippen molar-refractivity contribution in [3.8, 4) is 11.1 Å². The van der Waals surface area contributed by atoms with Gasteiger partial charge in [0.15, 0.2) is 8.32 Å². The second-order valence-electron chi connectivity index (χ2n) is 11.5. The van der Waals surface area contributed by atoms with Gasteiger partial charge < -0.3 is 13.9 Å². The second-order valence-corrected chi connectivity index (χ2v) is 16.7. The highest BCUT2D eigenvalue weighted by Gasteiger charge is 2.37. The summed E-state index contributed by atoms with van der Waals surface area (Å²) in [4.78, 5) is 32.6. The van der Waals surface area contributed by atoms with Gasteiger partial charge in [-0.15, -0.1) is 0 Å². The number of fused-ring (bicyclic) bond motifs is 1. The molecule has 3 heterocycles. The number of hydrogen-bond acceptors (Lipinski definition) is 4. The fraction of sp³-hybridized carbons (Fsp3) is 0.519. The van der Waals surface area contributed by atoms with Gasteiger partial charge in [0.25, 0.3) is 5.56 Å². The van der Waals surface area contributed by atoms with E-state index in [0.717, 1.165) is 18.9 Å². The number of alkyl halides is 3. The Morgan fingerprint density at radius 1 is 1.13 bits per heavy atom. The molecule has 3 aromatic rings. The van der Waals surface area contributed by atoms with Crippen LogP contribution in [0.1, 0.15) is 39.2 Å². The van der Waals surface area contributed by atoms with Gasteiger partial charge in [0.2, 0.25) is 5.91 Å². The average Bonchev–Trinajstić information content (AvgIpc) is 3.49. The van der Waals surface area contributed by atoms with Gasteiger partial charge in [-0.25, -0.2) is 4.98 Å². The van der Waals surface area contributed by atoms with Crippen molar-refractivity contribution in [2.75, 3.05) is 19.7 Å². The minimum absolute atomic E-state index is 0.00206. The van der Waals surface area contributed by atoms with E-state index < -0.39 is 30.6 Å². The zero-order valence-corrected chi connectivity index (χ0v) is 24.6. The number of aromatic nitrogens is 3. The predicted octanol–water partition coefficient (Wildman–Crippen LogP) is 6.18. The molecule has 1 aliphatic heterocycles. The molecule has 0 aliphatic carbocycles. The van der Waals surface area contributed by atoms with E-state index in [0.29, 0.717) is 37.5 Å². The molecule has 212 valence electrons. The van der Waals surface area contributed by atoms with Crippen LogP contribution in [0.5, 0.6) is 0 Å². The highest BCUT2D eigenvalue weighted by Crippen LogP contribution is 2.39. The summed E-state index contributed by atoms with van der Waals surface area (Å²) in [5.74, 6) is -0.189. The first-order chi connectivity index (χ1) is 18.1. The topological polar surface area (TPSA) is 69.4 Å². The Morgan fingerprint density at radius 3 is 2.41 bits per heavy atom. The van der Waals surface area contributed by atoms with Crippen LogP contribution in [0.3, 0.4) is 0 Å². The van der Waals surface area contributed by atoms with E-state index in [4.69, 9.17) is 16.0 Å². The van der Waals surface area contributed by atoms with Crippen molar-refractivity contribution in [3.05, 3.63) is 51.7 Å². The van der Waals surface area contributed by atoms with Gasteiger partial charge in [-0.05, 0) is 48.7 Å². The summed E-state index contributed by atoms with van der Waals surface area (Å²) in [7, 11) is -2.05. The molecule has 1 fully saturated rings. The van der Waals surface area contributed by atoms with Crippen LogP contribution in [0.15, 0.2) is 35.5 Å². The second kappa shape index (κ2) is 10.7. The van der Waals surface area contributed by atoms with E-state index in [1.165, 1.54) is 23.0 Å². The van der Waals surface area contributed by atoms with E-state index in [2.05, 4.69) is 38.8 Å². The van der Waals surface area contributed by atoms with Crippen molar-refractivity contribution in [2.45, 2.75) is 71.0 Å². The molecular weight excluding hydrogens is 549 g/mol. The van der Waals surface area contributed by atoms with Crippen molar-refractivity contribution in [2.24, 2.45) is 0 Å². The van der Waals surface area contributed by atoms with Crippen LogP contribution in [0.2, 0.25) is 23.2 Å². The third-order valence-electron chi connectivity index (χ3n) is 7.79. The lowest BCUT2D eigenvalue weighted by Crippen LogP contribution is -2.41. The average molecular weight is 583 g/mol. The standard InChI is InChI=1S/C27H34ClF3N4O3Si/c1-26(2,3)39(4,5)38-13-12-34-15-19(18-8-9-21(28)20(14-18)27(29,30)31)23-24(34)32-17-35(25(23)37)16-22(36)33-10-6-7-11-33/h8-9,14-15,17H,6-7,10-13,16H2,1-5H3. The number of likely N-dealkylation sites (tertiary alicyclic amines) is 1. The molecule has 1 aliphatic rings. The highest BCUT2D eigenvalue weighted by molar-refractivity contribution is 6.74. The Hall–Kier alpha value is -2.63. The molecule has 0 atom stereocenters. The van der Waals surface area contributed by atoms with Crippen molar-refractivity contribution >= 4 is 36.9 Å². The fourth-order valence-corrected chi connectivity index (χ4v) is 5.71. The minimum atomic E-state index is -4.66. The summed E-state index contributed by atoms with van der Waals surface area (Å²) < 4.78 is 50.2. The lowest BCUT2D eigenvalue weighted by molar-refractivity contribution is -0.137. The van der Waals surface area contributed by atoms with Crippen LogP contribution in [-0.2, 0) is 28.5 Å². The lowest BCUT2D eigenvalue weighted by Gasteiger charge is -2.36. The van der Waals surface area contributed by atoms with Crippen LogP contribution >= 0.6 is 11.6 Å². The number of nitrogens with zero attached hydrogens (tertiary/aromatic N) is 4. The van der Waals surface area contributed by atoms with Gasteiger partial charge in [0.1, 0.15) is 18.5 Å². The van der Waals surface area contributed by atoms with E-state index >= 15 is 0 Å². The van der Waals surface area contributed by atoms with Gasteiger partial charge in [0.05, 0.1) is 22.6 Å². The molecule has 12 heteroatoms. The number of hydrogen-bond donors (Lipinski definition) is 0. The molecule has 2 aromatic heterocycles. The third kappa shape index (κ3) is 6.10. The van der Waals surface area contributed by atoms with E-state index in [1.54, 1.807) is 15.7 Å². The lowest BCUT2D eigenvalue weighted by atomic mass is 10.0. The van der Waals surface area contributed by atoms with Gasteiger partial charge >= 0.3 is 6.18 Å². The maximum Gasteiger partial charge on any atom is 0.417 e. The molecule has 0 radical (unpaired) electrons. The summed E-state index contributed by atoms with van der Waals surface area (Å²) in [6, 6.07) is 3.57. The Morgan fingerprint density at radius 2 is 1.79 bits per heavy atom. The zero-order chi connectivity index (χ0) is 28.8. The number of benzene rings is 1. The number of carbonyl (C=O) groups is 1. The molecule has 7 nitrogen and oxygen atoms in total. The Balaban J connectivity index is 1.78. The molecular formula is C27H34ClF3N4O3Si. The minimum Gasteiger partial charge on any atom is -0.415 e. The van der Waals surface area contributed by atoms with Crippen molar-refractivity contribution in [1.29, 1.82) is 0 Å². The number of rotatable bonds is 7. The maximum absolute atomic E-state index is 13.7. The molecule has 1 aromatic carbocycles. The quantitative estimate of drug-likeness (QED) is 0.312. The maximum atomic E-state index is 13.7. The summed E-state index contributed by atoms with van der Waals surface area (Å²) in [5.41, 5.74) is -0.683. The van der Waals surface area contributed by atoms with Gasteiger partial charge in [-0.1, -0.05) is 38.4 Å². The normalized spacial score (nSPS) is 14.9. The molecule has 0 N–H and O–H groups in total. The first-order valence-electron chi connectivity index (χ1n) is 13.0. The van der Waals surface area contributed by atoms with Crippen LogP contribution in [0.4, 0.5) is 13.2 Å². The smallest absolute Gasteiger partial charge is 0.415 e. The number of amides is 1. The predicted molar refractivity (Wildman–Crippen MR) is 148 cm³/mol. The monoisotopic (exact) mass is 582 g/mol.